The molecule has 0 nitrogen and oxygen atoms in total. The van der Waals surface area contributed by atoms with Crippen molar-refractivity contribution >= 4 is 70.2 Å². The first-order chi connectivity index (χ1) is 32.7. The van der Waals surface area contributed by atoms with Crippen molar-refractivity contribution in [1.29, 1.82) is 0 Å². The molecule has 0 aromatic heterocycles. The van der Waals surface area contributed by atoms with Gasteiger partial charge in [0.2, 0.25) is 0 Å². The normalized spacial score (nSPS) is 13.9. The second kappa shape index (κ2) is 15.7. The van der Waals surface area contributed by atoms with Crippen molar-refractivity contribution in [3.63, 3.8) is 0 Å². The van der Waals surface area contributed by atoms with Crippen LogP contribution in [0.3, 0.4) is 0 Å². The molecular weight excluding hydrogens is 793 g/mol. The third kappa shape index (κ3) is 6.37. The van der Waals surface area contributed by atoms with Gasteiger partial charge in [0.25, 0.3) is 0 Å². The SMILES string of the molecule is C1=CC(c2ccccc2)CC(c2c3ccccc3cc3c2ccc2c(-c4ccc(-c5cccc6c5ccc5c(-c7cccc(-c8ccccc8)c7)c7ccccc7cc56)cc4)cccc23)=C1. The minimum absolute atomic E-state index is 0.352. The summed E-state index contributed by atoms with van der Waals surface area (Å²) in [6.45, 7) is 0. The van der Waals surface area contributed by atoms with Gasteiger partial charge in [-0.15, -0.1) is 0 Å². The summed E-state index contributed by atoms with van der Waals surface area (Å²) in [6.07, 6.45) is 7.93. The molecule has 1 aliphatic rings. The standard InChI is InChI=1S/C66H44/c1-3-15-43(16-4-1)47-21-11-23-51(39-47)65-55-25-9-7-19-49(55)41-63-57-29-13-27-53(59(57)35-37-61(63)65)45-31-33-46(34-32-45)54-28-14-30-58-60(54)36-38-62-64(58)42-50-20-8-10-26-56(50)66(62)52-24-12-22-48(40-52)44-17-5-2-6-18-44/h1-39,41-42,48H,40H2. The van der Waals surface area contributed by atoms with Gasteiger partial charge < -0.3 is 0 Å². The van der Waals surface area contributed by atoms with E-state index in [9.17, 15) is 0 Å². The largest absolute Gasteiger partial charge is 0.0767 e. The molecule has 0 aliphatic heterocycles. The third-order valence-corrected chi connectivity index (χ3v) is 14.2. The molecule has 0 heterocycles. The molecule has 0 saturated carbocycles. The first kappa shape index (κ1) is 38.2. The van der Waals surface area contributed by atoms with Gasteiger partial charge in [0.1, 0.15) is 0 Å². The van der Waals surface area contributed by atoms with Gasteiger partial charge in [-0.1, -0.05) is 231 Å². The molecule has 1 aliphatic carbocycles. The first-order valence-corrected chi connectivity index (χ1v) is 23.2. The number of hydrogen-bond acceptors (Lipinski definition) is 0. The van der Waals surface area contributed by atoms with Crippen LogP contribution in [0.2, 0.25) is 0 Å². The topological polar surface area (TPSA) is 0 Å². The summed E-state index contributed by atoms with van der Waals surface area (Å²) in [7, 11) is 0. The van der Waals surface area contributed by atoms with E-state index in [0.29, 0.717) is 5.92 Å². The van der Waals surface area contributed by atoms with Crippen LogP contribution < -0.4 is 0 Å². The second-order valence-electron chi connectivity index (χ2n) is 17.9. The lowest BCUT2D eigenvalue weighted by atomic mass is 9.81. The Morgan fingerprint density at radius 1 is 0.288 bits per heavy atom. The average molecular weight is 837 g/mol. The van der Waals surface area contributed by atoms with Crippen LogP contribution in [0, 0.1) is 0 Å². The van der Waals surface area contributed by atoms with Gasteiger partial charge in [-0.25, -0.2) is 0 Å². The molecule has 0 radical (unpaired) electrons. The van der Waals surface area contributed by atoms with E-state index in [-0.39, 0.29) is 0 Å². The first-order valence-electron chi connectivity index (χ1n) is 23.2. The Balaban J connectivity index is 0.901. The summed E-state index contributed by atoms with van der Waals surface area (Å²) in [4.78, 5) is 0. The summed E-state index contributed by atoms with van der Waals surface area (Å²) in [6, 6.07) is 85.5. The van der Waals surface area contributed by atoms with Crippen LogP contribution in [-0.4, -0.2) is 0 Å². The van der Waals surface area contributed by atoms with Gasteiger partial charge in [0.15, 0.2) is 0 Å². The molecule has 66 heavy (non-hydrogen) atoms. The van der Waals surface area contributed by atoms with E-state index in [1.807, 2.05) is 0 Å². The number of hydrogen-bond donors (Lipinski definition) is 0. The quantitative estimate of drug-likeness (QED) is 0.116. The maximum absolute atomic E-state index is 2.41. The van der Waals surface area contributed by atoms with Crippen molar-refractivity contribution in [3.05, 3.63) is 260 Å². The molecule has 0 heteroatoms. The molecule has 0 spiro atoms. The highest BCUT2D eigenvalue weighted by Crippen LogP contribution is 2.45. The van der Waals surface area contributed by atoms with E-state index in [0.717, 1.165) is 6.42 Å². The van der Waals surface area contributed by atoms with E-state index >= 15 is 0 Å². The fourth-order valence-corrected chi connectivity index (χ4v) is 11.1. The third-order valence-electron chi connectivity index (χ3n) is 14.2. The summed E-state index contributed by atoms with van der Waals surface area (Å²) in [5.74, 6) is 0.352. The van der Waals surface area contributed by atoms with E-state index in [1.165, 1.54) is 126 Å². The molecule has 13 rings (SSSR count). The van der Waals surface area contributed by atoms with Crippen molar-refractivity contribution in [2.24, 2.45) is 0 Å². The molecule has 12 aromatic rings. The van der Waals surface area contributed by atoms with E-state index in [1.54, 1.807) is 0 Å². The van der Waals surface area contributed by atoms with Crippen molar-refractivity contribution in [3.8, 4) is 44.5 Å². The average Bonchev–Trinajstić information content (AvgIpc) is 3.39. The molecule has 12 aromatic carbocycles. The summed E-state index contributed by atoms with van der Waals surface area (Å²) < 4.78 is 0. The Morgan fingerprint density at radius 3 is 1.41 bits per heavy atom. The fourth-order valence-electron chi connectivity index (χ4n) is 11.1. The van der Waals surface area contributed by atoms with Gasteiger partial charge in [-0.2, -0.15) is 0 Å². The maximum Gasteiger partial charge on any atom is 0.00617 e. The fraction of sp³-hybridized carbons (Fsp3) is 0.0303. The number of benzene rings is 12. The number of rotatable bonds is 6. The van der Waals surface area contributed by atoms with Crippen LogP contribution in [0.1, 0.15) is 23.5 Å². The predicted molar refractivity (Wildman–Crippen MR) is 284 cm³/mol. The minimum Gasteiger partial charge on any atom is -0.0767 e. The van der Waals surface area contributed by atoms with Crippen molar-refractivity contribution in [2.45, 2.75) is 12.3 Å². The molecule has 308 valence electrons. The van der Waals surface area contributed by atoms with Crippen LogP contribution in [0.15, 0.2) is 249 Å². The van der Waals surface area contributed by atoms with Crippen molar-refractivity contribution < 1.29 is 0 Å². The molecule has 1 atom stereocenters. The van der Waals surface area contributed by atoms with Crippen LogP contribution in [0.5, 0.6) is 0 Å². The molecule has 0 N–H and O–H groups in total. The Bertz CT molecular complexity index is 3930. The lowest BCUT2D eigenvalue weighted by Crippen LogP contribution is -2.02. The van der Waals surface area contributed by atoms with E-state index in [4.69, 9.17) is 0 Å². The number of fused-ring (bicyclic) bond motifs is 8. The van der Waals surface area contributed by atoms with Crippen molar-refractivity contribution in [2.75, 3.05) is 0 Å². The molecule has 0 bridgehead atoms. The minimum atomic E-state index is 0.352. The molecule has 0 fully saturated rings. The highest BCUT2D eigenvalue weighted by atomic mass is 14.2. The number of allylic oxidation sites excluding steroid dienone is 4. The summed E-state index contributed by atoms with van der Waals surface area (Å²) in [5.41, 5.74) is 14.0. The van der Waals surface area contributed by atoms with E-state index in [2.05, 4.69) is 249 Å². The summed E-state index contributed by atoms with van der Waals surface area (Å²) in [5, 5.41) is 15.3. The highest BCUT2D eigenvalue weighted by Gasteiger charge is 2.21. The lowest BCUT2D eigenvalue weighted by Gasteiger charge is -2.22. The van der Waals surface area contributed by atoms with Crippen LogP contribution in [-0.2, 0) is 0 Å². The summed E-state index contributed by atoms with van der Waals surface area (Å²) >= 11 is 0. The van der Waals surface area contributed by atoms with Gasteiger partial charge in [-0.05, 0) is 150 Å². The van der Waals surface area contributed by atoms with Gasteiger partial charge in [-0.3, -0.25) is 0 Å². The smallest absolute Gasteiger partial charge is 0.00617 e. The Kier molecular flexibility index (Phi) is 9.10. The van der Waals surface area contributed by atoms with Crippen LogP contribution >= 0.6 is 0 Å². The zero-order valence-electron chi connectivity index (χ0n) is 36.5. The maximum atomic E-state index is 2.41. The second-order valence-corrected chi connectivity index (χ2v) is 17.9. The van der Waals surface area contributed by atoms with Gasteiger partial charge in [0, 0.05) is 5.92 Å². The molecule has 0 saturated heterocycles. The van der Waals surface area contributed by atoms with Crippen molar-refractivity contribution in [1.82, 2.24) is 0 Å². The van der Waals surface area contributed by atoms with Gasteiger partial charge >= 0.3 is 0 Å². The zero-order valence-corrected chi connectivity index (χ0v) is 36.5. The monoisotopic (exact) mass is 836 g/mol. The Hall–Kier alpha value is -8.32. The molecular formula is C66H44. The zero-order chi connectivity index (χ0) is 43.6. The molecule has 0 amide bonds. The Labute approximate surface area is 385 Å². The molecule has 1 unspecified atom stereocenters. The predicted octanol–water partition coefficient (Wildman–Crippen LogP) is 18.4. The lowest BCUT2D eigenvalue weighted by molar-refractivity contribution is 0.869. The van der Waals surface area contributed by atoms with Crippen LogP contribution in [0.4, 0.5) is 0 Å². The highest BCUT2D eigenvalue weighted by molar-refractivity contribution is 6.22. The Morgan fingerprint density at radius 2 is 0.773 bits per heavy atom. The van der Waals surface area contributed by atoms with E-state index < -0.39 is 0 Å². The van der Waals surface area contributed by atoms with Gasteiger partial charge in [0.05, 0.1) is 0 Å². The van der Waals surface area contributed by atoms with Crippen LogP contribution in [0.25, 0.3) is 115 Å².